The molecule has 1 atom stereocenters. The van der Waals surface area contributed by atoms with Crippen molar-refractivity contribution >= 4 is 0 Å². The number of hydrogen-bond acceptors (Lipinski definition) is 4. The SMILES string of the molecule is CCn1ncc(OC)c1C(N)C(C)(C)N1CCCC1. The highest BCUT2D eigenvalue weighted by molar-refractivity contribution is 5.30. The maximum Gasteiger partial charge on any atom is 0.161 e. The number of likely N-dealkylation sites (tertiary alicyclic amines) is 1. The quantitative estimate of drug-likeness (QED) is 0.882. The largest absolute Gasteiger partial charge is 0.493 e. The number of rotatable bonds is 5. The molecule has 19 heavy (non-hydrogen) atoms. The summed E-state index contributed by atoms with van der Waals surface area (Å²) in [5.41, 5.74) is 7.48. The minimum atomic E-state index is -0.108. The van der Waals surface area contributed by atoms with E-state index in [0.29, 0.717) is 0 Å². The highest BCUT2D eigenvalue weighted by Gasteiger charge is 2.38. The van der Waals surface area contributed by atoms with Gasteiger partial charge in [-0.1, -0.05) is 0 Å². The second kappa shape index (κ2) is 5.51. The Hall–Kier alpha value is -1.07. The van der Waals surface area contributed by atoms with Crippen LogP contribution in [-0.2, 0) is 6.54 Å². The van der Waals surface area contributed by atoms with Crippen LogP contribution in [-0.4, -0.2) is 40.4 Å². The number of hydrogen-bond donors (Lipinski definition) is 1. The lowest BCUT2D eigenvalue weighted by molar-refractivity contribution is 0.119. The molecule has 0 amide bonds. The number of ether oxygens (including phenoxy) is 1. The fraction of sp³-hybridized carbons (Fsp3) is 0.786. The van der Waals surface area contributed by atoms with Crippen molar-refractivity contribution in [3.63, 3.8) is 0 Å². The Morgan fingerprint density at radius 2 is 2.05 bits per heavy atom. The van der Waals surface area contributed by atoms with Gasteiger partial charge in [0.15, 0.2) is 5.75 Å². The minimum Gasteiger partial charge on any atom is -0.493 e. The third-order valence-corrected chi connectivity index (χ3v) is 4.34. The molecule has 0 bridgehead atoms. The number of aryl methyl sites for hydroxylation is 1. The maximum absolute atomic E-state index is 6.57. The first-order valence-electron chi connectivity index (χ1n) is 7.12. The summed E-state index contributed by atoms with van der Waals surface area (Å²) in [6.07, 6.45) is 4.29. The molecule has 1 fully saturated rings. The lowest BCUT2D eigenvalue weighted by atomic mass is 9.90. The van der Waals surface area contributed by atoms with E-state index in [1.54, 1.807) is 13.3 Å². The highest BCUT2D eigenvalue weighted by Crippen LogP contribution is 2.35. The molecule has 1 aliphatic heterocycles. The van der Waals surface area contributed by atoms with Crippen LogP contribution < -0.4 is 10.5 Å². The van der Waals surface area contributed by atoms with E-state index in [0.717, 1.165) is 31.1 Å². The van der Waals surface area contributed by atoms with Crippen molar-refractivity contribution in [1.29, 1.82) is 0 Å². The van der Waals surface area contributed by atoms with E-state index < -0.39 is 0 Å². The Bertz CT molecular complexity index is 400. The van der Waals surface area contributed by atoms with Gasteiger partial charge in [0.2, 0.25) is 0 Å². The van der Waals surface area contributed by atoms with Crippen molar-refractivity contribution in [2.45, 2.75) is 51.7 Å². The lowest BCUT2D eigenvalue weighted by Gasteiger charge is -2.40. The standard InChI is InChI=1S/C14H26N4O/c1-5-18-12(11(19-4)10-16-18)13(15)14(2,3)17-8-6-7-9-17/h10,13H,5-9,15H2,1-4H3. The van der Waals surface area contributed by atoms with Crippen LogP contribution in [0.5, 0.6) is 5.75 Å². The third kappa shape index (κ3) is 2.49. The van der Waals surface area contributed by atoms with E-state index in [1.165, 1.54) is 12.8 Å². The van der Waals surface area contributed by atoms with Gasteiger partial charge in [-0.2, -0.15) is 5.10 Å². The molecule has 0 radical (unpaired) electrons. The topological polar surface area (TPSA) is 56.3 Å². The molecule has 1 unspecified atom stereocenters. The predicted octanol–water partition coefficient (Wildman–Crippen LogP) is 1.79. The summed E-state index contributed by atoms with van der Waals surface area (Å²) >= 11 is 0. The van der Waals surface area contributed by atoms with Gasteiger partial charge >= 0.3 is 0 Å². The van der Waals surface area contributed by atoms with Gasteiger partial charge in [0, 0.05) is 12.1 Å². The number of nitrogens with two attached hydrogens (primary N) is 1. The molecule has 2 rings (SSSR count). The van der Waals surface area contributed by atoms with Crippen molar-refractivity contribution < 1.29 is 4.74 Å². The molecule has 0 spiro atoms. The highest BCUT2D eigenvalue weighted by atomic mass is 16.5. The molecule has 1 saturated heterocycles. The van der Waals surface area contributed by atoms with Crippen molar-refractivity contribution in [2.75, 3.05) is 20.2 Å². The Morgan fingerprint density at radius 1 is 1.42 bits per heavy atom. The first-order valence-corrected chi connectivity index (χ1v) is 7.12. The van der Waals surface area contributed by atoms with Gasteiger partial charge in [0.25, 0.3) is 0 Å². The molecular weight excluding hydrogens is 240 g/mol. The molecule has 0 saturated carbocycles. The maximum atomic E-state index is 6.57. The monoisotopic (exact) mass is 266 g/mol. The zero-order valence-corrected chi connectivity index (χ0v) is 12.5. The summed E-state index contributed by atoms with van der Waals surface area (Å²) in [6, 6.07) is -0.108. The van der Waals surface area contributed by atoms with Gasteiger partial charge in [-0.05, 0) is 46.7 Å². The van der Waals surface area contributed by atoms with Gasteiger partial charge < -0.3 is 10.5 Å². The molecular formula is C14H26N4O. The number of aromatic nitrogens is 2. The van der Waals surface area contributed by atoms with Crippen LogP contribution in [0.1, 0.15) is 45.3 Å². The molecule has 2 heterocycles. The van der Waals surface area contributed by atoms with Crippen LogP contribution in [0.2, 0.25) is 0 Å². The third-order valence-electron chi connectivity index (χ3n) is 4.34. The van der Waals surface area contributed by atoms with Gasteiger partial charge in [0.05, 0.1) is 25.0 Å². The summed E-state index contributed by atoms with van der Waals surface area (Å²) < 4.78 is 7.37. The molecule has 2 N–H and O–H groups in total. The molecule has 5 nitrogen and oxygen atoms in total. The van der Waals surface area contributed by atoms with E-state index in [-0.39, 0.29) is 11.6 Å². The zero-order valence-electron chi connectivity index (χ0n) is 12.5. The molecule has 1 aromatic rings. The molecule has 5 heteroatoms. The van der Waals surface area contributed by atoms with Crippen molar-refractivity contribution in [2.24, 2.45) is 5.73 Å². The van der Waals surface area contributed by atoms with Crippen LogP contribution in [0.3, 0.4) is 0 Å². The molecule has 0 aromatic carbocycles. The smallest absolute Gasteiger partial charge is 0.161 e. The molecule has 0 aliphatic carbocycles. The molecule has 1 aromatic heterocycles. The summed E-state index contributed by atoms with van der Waals surface area (Å²) in [4.78, 5) is 2.48. The van der Waals surface area contributed by atoms with Crippen LogP contribution in [0, 0.1) is 0 Å². The van der Waals surface area contributed by atoms with Crippen LogP contribution in [0.25, 0.3) is 0 Å². The van der Waals surface area contributed by atoms with Crippen LogP contribution in [0.15, 0.2) is 6.20 Å². The fourth-order valence-electron chi connectivity index (χ4n) is 2.93. The normalized spacial score (nSPS) is 18.8. The average molecular weight is 266 g/mol. The Morgan fingerprint density at radius 3 is 2.58 bits per heavy atom. The average Bonchev–Trinajstić information content (AvgIpc) is 3.06. The number of methoxy groups -OCH3 is 1. The molecule has 108 valence electrons. The molecule has 1 aliphatic rings. The first-order chi connectivity index (χ1) is 9.02. The first kappa shape index (κ1) is 14.3. The van der Waals surface area contributed by atoms with E-state index in [4.69, 9.17) is 10.5 Å². The number of nitrogens with zero attached hydrogens (tertiary/aromatic N) is 3. The Labute approximate surface area is 115 Å². The van der Waals surface area contributed by atoms with Crippen molar-refractivity contribution in [3.05, 3.63) is 11.9 Å². The zero-order chi connectivity index (χ0) is 14.0. The van der Waals surface area contributed by atoms with E-state index in [2.05, 4.69) is 30.8 Å². The Balaban J connectivity index is 2.31. The second-order valence-corrected chi connectivity index (χ2v) is 5.74. The van der Waals surface area contributed by atoms with E-state index >= 15 is 0 Å². The predicted molar refractivity (Wildman–Crippen MR) is 76.3 cm³/mol. The summed E-state index contributed by atoms with van der Waals surface area (Å²) in [7, 11) is 1.68. The minimum absolute atomic E-state index is 0.0866. The van der Waals surface area contributed by atoms with Gasteiger partial charge in [-0.25, -0.2) is 0 Å². The van der Waals surface area contributed by atoms with Crippen molar-refractivity contribution in [1.82, 2.24) is 14.7 Å². The fourth-order valence-corrected chi connectivity index (χ4v) is 2.93. The Kier molecular flexibility index (Phi) is 4.16. The summed E-state index contributed by atoms with van der Waals surface area (Å²) in [5, 5.41) is 4.36. The van der Waals surface area contributed by atoms with Gasteiger partial charge in [0.1, 0.15) is 0 Å². The second-order valence-electron chi connectivity index (χ2n) is 5.74. The lowest BCUT2D eigenvalue weighted by Crippen LogP contribution is -2.50. The van der Waals surface area contributed by atoms with E-state index in [9.17, 15) is 0 Å². The van der Waals surface area contributed by atoms with Gasteiger partial charge in [-0.15, -0.1) is 0 Å². The summed E-state index contributed by atoms with van der Waals surface area (Å²) in [6.45, 7) is 9.57. The van der Waals surface area contributed by atoms with Crippen LogP contribution >= 0.6 is 0 Å². The summed E-state index contributed by atoms with van der Waals surface area (Å²) in [5.74, 6) is 0.793. The van der Waals surface area contributed by atoms with Crippen molar-refractivity contribution in [3.8, 4) is 5.75 Å². The van der Waals surface area contributed by atoms with Gasteiger partial charge in [-0.3, -0.25) is 9.58 Å². The van der Waals surface area contributed by atoms with E-state index in [1.807, 2.05) is 4.68 Å². The van der Waals surface area contributed by atoms with Crippen LogP contribution in [0.4, 0.5) is 0 Å².